The third-order valence-electron chi connectivity index (χ3n) is 6.45. The summed E-state index contributed by atoms with van der Waals surface area (Å²) in [6.45, 7) is 11.7. The number of ether oxygens (including phenoxy) is 2. The van der Waals surface area contributed by atoms with E-state index in [2.05, 4.69) is 68.9 Å². The van der Waals surface area contributed by atoms with Crippen LogP contribution in [0, 0.1) is 5.92 Å². The highest BCUT2D eigenvalue weighted by atomic mass is 16.7. The highest BCUT2D eigenvalue weighted by Gasteiger charge is 2.47. The maximum atomic E-state index is 12.1. The fourth-order valence-corrected chi connectivity index (χ4v) is 4.67. The molecular weight excluding hydrogens is 400 g/mol. The van der Waals surface area contributed by atoms with Gasteiger partial charge in [0.25, 0.3) is 0 Å². The lowest BCUT2D eigenvalue weighted by Crippen LogP contribution is -2.48. The minimum absolute atomic E-state index is 0.203. The summed E-state index contributed by atoms with van der Waals surface area (Å²) in [4.78, 5) is 16.2. The first-order valence-corrected chi connectivity index (χ1v) is 11.7. The van der Waals surface area contributed by atoms with Gasteiger partial charge in [-0.25, -0.2) is 0 Å². The van der Waals surface area contributed by atoms with Gasteiger partial charge in [-0.1, -0.05) is 56.0 Å². The molecule has 2 aliphatic rings. The summed E-state index contributed by atoms with van der Waals surface area (Å²) in [6.07, 6.45) is 8.37. The molecular formula is C27H38N2O3. The molecule has 2 saturated heterocycles. The Kier molecular flexibility index (Phi) is 8.46. The van der Waals surface area contributed by atoms with Crippen LogP contribution in [0.25, 0.3) is 5.57 Å². The van der Waals surface area contributed by atoms with Crippen molar-refractivity contribution in [3.63, 3.8) is 0 Å². The first-order chi connectivity index (χ1) is 15.4. The van der Waals surface area contributed by atoms with Crippen LogP contribution >= 0.6 is 0 Å². The van der Waals surface area contributed by atoms with Crippen molar-refractivity contribution in [2.45, 2.75) is 45.4 Å². The van der Waals surface area contributed by atoms with E-state index in [-0.39, 0.29) is 11.8 Å². The van der Waals surface area contributed by atoms with Crippen LogP contribution in [0.2, 0.25) is 0 Å². The summed E-state index contributed by atoms with van der Waals surface area (Å²) in [5.41, 5.74) is 4.63. The molecule has 1 aromatic rings. The van der Waals surface area contributed by atoms with Crippen LogP contribution in [0.15, 0.2) is 54.6 Å². The van der Waals surface area contributed by atoms with Gasteiger partial charge in [0.2, 0.25) is 5.91 Å². The number of amides is 1. The molecule has 1 amide bonds. The molecule has 2 aliphatic heterocycles. The fourth-order valence-electron chi connectivity index (χ4n) is 4.67. The molecule has 0 radical (unpaired) electrons. The van der Waals surface area contributed by atoms with Crippen LogP contribution in [0.5, 0.6) is 0 Å². The van der Waals surface area contributed by atoms with Crippen LogP contribution in [-0.2, 0) is 20.8 Å². The fraction of sp³-hybridized carbons (Fsp3) is 0.519. The maximum absolute atomic E-state index is 12.1. The quantitative estimate of drug-likeness (QED) is 0.554. The van der Waals surface area contributed by atoms with Gasteiger partial charge in [0.15, 0.2) is 5.79 Å². The third kappa shape index (κ3) is 5.58. The van der Waals surface area contributed by atoms with Crippen LogP contribution in [0.1, 0.15) is 44.2 Å². The molecule has 0 spiro atoms. The van der Waals surface area contributed by atoms with Gasteiger partial charge in [-0.3, -0.25) is 4.79 Å². The van der Waals surface area contributed by atoms with E-state index in [1.54, 1.807) is 0 Å². The SMILES string of the molecule is C=C/C(=C\C=C(/C)c1ccc(CN(C)C)cc1)C1(C2CCN(C(=O)CC)CC2)OCCO1. The molecule has 0 N–H and O–H groups in total. The summed E-state index contributed by atoms with van der Waals surface area (Å²) in [6, 6.07) is 8.71. The van der Waals surface area contributed by atoms with E-state index in [9.17, 15) is 4.79 Å². The number of hydrogen-bond acceptors (Lipinski definition) is 4. The molecule has 174 valence electrons. The molecule has 0 aromatic heterocycles. The normalized spacial score (nSPS) is 20.1. The number of benzene rings is 1. The van der Waals surface area contributed by atoms with Gasteiger partial charge in [0.1, 0.15) is 0 Å². The number of carbonyl (C=O) groups is 1. The van der Waals surface area contributed by atoms with Gasteiger partial charge < -0.3 is 19.3 Å². The monoisotopic (exact) mass is 438 g/mol. The van der Waals surface area contributed by atoms with E-state index in [4.69, 9.17) is 9.47 Å². The molecule has 2 fully saturated rings. The average molecular weight is 439 g/mol. The van der Waals surface area contributed by atoms with Gasteiger partial charge in [-0.15, -0.1) is 0 Å². The molecule has 0 aliphatic carbocycles. The zero-order valence-electron chi connectivity index (χ0n) is 20.1. The third-order valence-corrected chi connectivity index (χ3v) is 6.45. The molecule has 1 aromatic carbocycles. The second kappa shape index (κ2) is 11.1. The van der Waals surface area contributed by atoms with Crippen molar-refractivity contribution < 1.29 is 14.3 Å². The predicted molar refractivity (Wildman–Crippen MR) is 130 cm³/mol. The maximum Gasteiger partial charge on any atom is 0.222 e. The number of piperidine rings is 1. The minimum Gasteiger partial charge on any atom is -0.343 e. The lowest BCUT2D eigenvalue weighted by Gasteiger charge is -2.41. The molecule has 0 bridgehead atoms. The Balaban J connectivity index is 1.78. The van der Waals surface area contributed by atoms with E-state index < -0.39 is 5.79 Å². The summed E-state index contributed by atoms with van der Waals surface area (Å²) in [7, 11) is 4.16. The van der Waals surface area contributed by atoms with Crippen LogP contribution in [0.4, 0.5) is 0 Å². The van der Waals surface area contributed by atoms with Crippen molar-refractivity contribution in [2.24, 2.45) is 5.92 Å². The second-order valence-corrected chi connectivity index (χ2v) is 8.98. The van der Waals surface area contributed by atoms with E-state index in [1.165, 1.54) is 16.7 Å². The Labute approximate surface area is 193 Å². The molecule has 3 rings (SSSR count). The molecule has 5 heteroatoms. The predicted octanol–water partition coefficient (Wildman–Crippen LogP) is 4.66. The lowest BCUT2D eigenvalue weighted by molar-refractivity contribution is -0.175. The van der Waals surface area contributed by atoms with Crippen molar-refractivity contribution in [1.82, 2.24) is 9.80 Å². The number of nitrogens with zero attached hydrogens (tertiary/aromatic N) is 2. The number of likely N-dealkylation sites (tertiary alicyclic amines) is 1. The Morgan fingerprint density at radius 2 is 1.78 bits per heavy atom. The summed E-state index contributed by atoms with van der Waals surface area (Å²) in [5.74, 6) is -0.343. The van der Waals surface area contributed by atoms with E-state index in [0.717, 1.165) is 38.0 Å². The van der Waals surface area contributed by atoms with Gasteiger partial charge in [-0.2, -0.15) is 0 Å². The zero-order valence-corrected chi connectivity index (χ0v) is 20.1. The summed E-state index contributed by atoms with van der Waals surface area (Å²) in [5, 5.41) is 0. The lowest BCUT2D eigenvalue weighted by atomic mass is 9.83. The van der Waals surface area contributed by atoms with Crippen molar-refractivity contribution in [1.29, 1.82) is 0 Å². The molecule has 5 nitrogen and oxygen atoms in total. The molecule has 0 atom stereocenters. The Morgan fingerprint density at radius 3 is 2.31 bits per heavy atom. The number of carbonyl (C=O) groups excluding carboxylic acids is 1. The summed E-state index contributed by atoms with van der Waals surface area (Å²) < 4.78 is 12.5. The van der Waals surface area contributed by atoms with Gasteiger partial charge in [0, 0.05) is 37.5 Å². The highest BCUT2D eigenvalue weighted by Crippen LogP contribution is 2.41. The van der Waals surface area contributed by atoms with E-state index in [1.807, 2.05) is 17.9 Å². The van der Waals surface area contributed by atoms with E-state index in [0.29, 0.717) is 19.6 Å². The molecule has 2 heterocycles. The van der Waals surface area contributed by atoms with Gasteiger partial charge in [-0.05, 0) is 50.6 Å². The zero-order chi connectivity index (χ0) is 23.1. The van der Waals surface area contributed by atoms with Crippen LogP contribution in [-0.4, -0.2) is 61.9 Å². The first kappa shape index (κ1) is 24.4. The van der Waals surface area contributed by atoms with Crippen molar-refractivity contribution in [3.8, 4) is 0 Å². The average Bonchev–Trinajstić information content (AvgIpc) is 3.30. The standard InChI is InChI=1S/C27H38N2O3/c1-6-24(13-8-21(3)23-11-9-22(10-12-23)20-28(4)5)27(31-18-19-32-27)25-14-16-29(17-15-25)26(30)7-2/h6,8-13,25H,1,7,14-20H2,2-5H3/b21-8+,24-13+. The van der Waals surface area contributed by atoms with Gasteiger partial charge >= 0.3 is 0 Å². The first-order valence-electron chi connectivity index (χ1n) is 11.7. The smallest absolute Gasteiger partial charge is 0.222 e. The van der Waals surface area contributed by atoms with Gasteiger partial charge in [0.05, 0.1) is 13.2 Å². The van der Waals surface area contributed by atoms with E-state index >= 15 is 0 Å². The largest absolute Gasteiger partial charge is 0.343 e. The van der Waals surface area contributed by atoms with Crippen molar-refractivity contribution in [3.05, 3.63) is 65.8 Å². The minimum atomic E-state index is -0.768. The van der Waals surface area contributed by atoms with Crippen molar-refractivity contribution in [2.75, 3.05) is 40.4 Å². The summed E-state index contributed by atoms with van der Waals surface area (Å²) >= 11 is 0. The Bertz CT molecular complexity index is 840. The Morgan fingerprint density at radius 1 is 1.16 bits per heavy atom. The highest BCUT2D eigenvalue weighted by molar-refractivity contribution is 5.75. The van der Waals surface area contributed by atoms with Crippen LogP contribution in [0.3, 0.4) is 0 Å². The number of allylic oxidation sites excluding steroid dienone is 3. The Hall–Kier alpha value is -2.21. The number of rotatable bonds is 8. The second-order valence-electron chi connectivity index (χ2n) is 8.98. The van der Waals surface area contributed by atoms with Crippen LogP contribution < -0.4 is 0 Å². The van der Waals surface area contributed by atoms with Crippen molar-refractivity contribution >= 4 is 11.5 Å². The molecule has 32 heavy (non-hydrogen) atoms. The number of hydrogen-bond donors (Lipinski definition) is 0. The molecule has 0 saturated carbocycles. The molecule has 0 unspecified atom stereocenters. The topological polar surface area (TPSA) is 42.0 Å².